The minimum atomic E-state index is -1.02. The topological polar surface area (TPSA) is 53.1 Å². The number of halogens is 1. The molecule has 3 nitrogen and oxygen atoms in total. The summed E-state index contributed by atoms with van der Waals surface area (Å²) < 4.78 is 13.0. The first-order chi connectivity index (χ1) is 7.13. The Morgan fingerprint density at radius 2 is 2.27 bits per heavy atom. The summed E-state index contributed by atoms with van der Waals surface area (Å²) in [6, 6.07) is 4.11. The van der Waals surface area contributed by atoms with Crippen molar-refractivity contribution >= 4 is 16.9 Å². The number of fused-ring (bicyclic) bond motifs is 1. The SMILES string of the molecule is CCc1[nH]c2ccc(F)cc2c1C(=O)O. The minimum Gasteiger partial charge on any atom is -0.478 e. The van der Waals surface area contributed by atoms with Crippen LogP contribution in [0.3, 0.4) is 0 Å². The molecular weight excluding hydrogens is 197 g/mol. The first kappa shape index (κ1) is 9.71. The Kier molecular flexibility index (Phi) is 2.19. The number of hydrogen-bond donors (Lipinski definition) is 2. The van der Waals surface area contributed by atoms with Gasteiger partial charge in [0.05, 0.1) is 5.56 Å². The molecule has 0 atom stereocenters. The third kappa shape index (κ3) is 1.48. The van der Waals surface area contributed by atoms with Crippen LogP contribution in [-0.2, 0) is 6.42 Å². The number of aromatic carboxylic acids is 1. The zero-order valence-electron chi connectivity index (χ0n) is 8.17. The van der Waals surface area contributed by atoms with E-state index >= 15 is 0 Å². The van der Waals surface area contributed by atoms with Gasteiger partial charge < -0.3 is 10.1 Å². The van der Waals surface area contributed by atoms with Gasteiger partial charge in [-0.2, -0.15) is 0 Å². The fourth-order valence-electron chi connectivity index (χ4n) is 1.73. The maximum atomic E-state index is 13.0. The third-order valence-electron chi connectivity index (χ3n) is 2.41. The summed E-state index contributed by atoms with van der Waals surface area (Å²) in [4.78, 5) is 14.0. The lowest BCUT2D eigenvalue weighted by Gasteiger charge is -1.95. The van der Waals surface area contributed by atoms with E-state index in [4.69, 9.17) is 5.11 Å². The maximum absolute atomic E-state index is 13.0. The zero-order chi connectivity index (χ0) is 11.0. The van der Waals surface area contributed by atoms with Crippen LogP contribution in [0.1, 0.15) is 23.0 Å². The molecule has 0 aliphatic carbocycles. The van der Waals surface area contributed by atoms with Crippen molar-refractivity contribution in [1.29, 1.82) is 0 Å². The molecule has 0 spiro atoms. The van der Waals surface area contributed by atoms with Crippen molar-refractivity contribution in [3.05, 3.63) is 35.3 Å². The highest BCUT2D eigenvalue weighted by atomic mass is 19.1. The fourth-order valence-corrected chi connectivity index (χ4v) is 1.73. The normalized spacial score (nSPS) is 10.8. The van der Waals surface area contributed by atoms with E-state index in [-0.39, 0.29) is 5.56 Å². The number of H-pyrrole nitrogens is 1. The molecule has 0 saturated heterocycles. The number of hydrogen-bond acceptors (Lipinski definition) is 1. The molecule has 2 aromatic rings. The van der Waals surface area contributed by atoms with E-state index in [0.717, 1.165) is 0 Å². The molecule has 2 rings (SSSR count). The summed E-state index contributed by atoms with van der Waals surface area (Å²) in [7, 11) is 0. The Bertz CT molecular complexity index is 531. The average molecular weight is 207 g/mol. The Morgan fingerprint density at radius 3 is 2.87 bits per heavy atom. The first-order valence-corrected chi connectivity index (χ1v) is 4.67. The first-order valence-electron chi connectivity index (χ1n) is 4.67. The Hall–Kier alpha value is -1.84. The molecule has 0 unspecified atom stereocenters. The van der Waals surface area contributed by atoms with Gasteiger partial charge in [0.25, 0.3) is 0 Å². The van der Waals surface area contributed by atoms with Crippen LogP contribution in [0.4, 0.5) is 4.39 Å². The molecular formula is C11H10FNO2. The van der Waals surface area contributed by atoms with Crippen LogP contribution in [0.2, 0.25) is 0 Å². The maximum Gasteiger partial charge on any atom is 0.338 e. The van der Waals surface area contributed by atoms with Crippen molar-refractivity contribution in [2.45, 2.75) is 13.3 Å². The predicted molar refractivity (Wildman–Crippen MR) is 54.6 cm³/mol. The van der Waals surface area contributed by atoms with Crippen molar-refractivity contribution in [3.63, 3.8) is 0 Å². The van der Waals surface area contributed by atoms with E-state index in [0.29, 0.717) is 23.0 Å². The lowest BCUT2D eigenvalue weighted by molar-refractivity contribution is 0.0698. The van der Waals surface area contributed by atoms with Crippen LogP contribution in [-0.4, -0.2) is 16.1 Å². The molecule has 0 fully saturated rings. The quantitative estimate of drug-likeness (QED) is 0.795. The molecule has 0 saturated carbocycles. The average Bonchev–Trinajstić information content (AvgIpc) is 2.55. The van der Waals surface area contributed by atoms with Crippen LogP contribution in [0.5, 0.6) is 0 Å². The van der Waals surface area contributed by atoms with Crippen LogP contribution < -0.4 is 0 Å². The molecule has 1 aromatic heterocycles. The number of carboxylic acid groups (broad SMARTS) is 1. The second-order valence-corrected chi connectivity index (χ2v) is 3.33. The molecule has 78 valence electrons. The standard InChI is InChI=1S/C11H10FNO2/c1-2-8-10(11(14)15)7-5-6(12)3-4-9(7)13-8/h3-5,13H,2H2,1H3,(H,14,15). The highest BCUT2D eigenvalue weighted by Gasteiger charge is 2.16. The summed E-state index contributed by atoms with van der Waals surface area (Å²) >= 11 is 0. The number of benzene rings is 1. The Balaban J connectivity index is 2.82. The van der Waals surface area contributed by atoms with Crippen LogP contribution >= 0.6 is 0 Å². The van der Waals surface area contributed by atoms with Crippen LogP contribution in [0.15, 0.2) is 18.2 Å². The molecule has 0 aliphatic heterocycles. The van der Waals surface area contributed by atoms with Gasteiger partial charge in [-0.05, 0) is 24.6 Å². The Morgan fingerprint density at radius 1 is 1.53 bits per heavy atom. The van der Waals surface area contributed by atoms with Crippen LogP contribution in [0.25, 0.3) is 10.9 Å². The van der Waals surface area contributed by atoms with Gasteiger partial charge in [0, 0.05) is 16.6 Å². The van der Waals surface area contributed by atoms with Crippen LogP contribution in [0, 0.1) is 5.82 Å². The summed E-state index contributed by atoms with van der Waals surface area (Å²) in [6.45, 7) is 1.85. The Labute approximate surface area is 85.5 Å². The molecule has 2 N–H and O–H groups in total. The number of aromatic nitrogens is 1. The fraction of sp³-hybridized carbons (Fsp3) is 0.182. The van der Waals surface area contributed by atoms with Gasteiger partial charge in [0.2, 0.25) is 0 Å². The molecule has 4 heteroatoms. The third-order valence-corrected chi connectivity index (χ3v) is 2.41. The molecule has 0 bridgehead atoms. The lowest BCUT2D eigenvalue weighted by atomic mass is 10.1. The number of nitrogens with one attached hydrogen (secondary N) is 1. The molecule has 0 aliphatic rings. The van der Waals surface area contributed by atoms with E-state index in [9.17, 15) is 9.18 Å². The predicted octanol–water partition coefficient (Wildman–Crippen LogP) is 2.57. The van der Waals surface area contributed by atoms with E-state index in [1.807, 2.05) is 6.92 Å². The molecule has 15 heavy (non-hydrogen) atoms. The molecule has 0 radical (unpaired) electrons. The van der Waals surface area contributed by atoms with Gasteiger partial charge in [-0.15, -0.1) is 0 Å². The van der Waals surface area contributed by atoms with Gasteiger partial charge in [0.15, 0.2) is 0 Å². The van der Waals surface area contributed by atoms with Crippen molar-refractivity contribution in [2.75, 3.05) is 0 Å². The highest BCUT2D eigenvalue weighted by Crippen LogP contribution is 2.23. The molecule has 0 amide bonds. The second kappa shape index (κ2) is 3.38. The van der Waals surface area contributed by atoms with Gasteiger partial charge in [0.1, 0.15) is 5.82 Å². The van der Waals surface area contributed by atoms with Gasteiger partial charge in [-0.1, -0.05) is 6.92 Å². The molecule has 1 aromatic carbocycles. The summed E-state index contributed by atoms with van der Waals surface area (Å²) in [5.74, 6) is -1.45. The van der Waals surface area contributed by atoms with E-state index in [1.54, 1.807) is 6.07 Å². The van der Waals surface area contributed by atoms with Gasteiger partial charge >= 0.3 is 5.97 Å². The van der Waals surface area contributed by atoms with Crippen molar-refractivity contribution in [1.82, 2.24) is 4.98 Å². The van der Waals surface area contributed by atoms with E-state index < -0.39 is 11.8 Å². The number of carboxylic acids is 1. The van der Waals surface area contributed by atoms with E-state index in [1.165, 1.54) is 12.1 Å². The number of aryl methyl sites for hydroxylation is 1. The highest BCUT2D eigenvalue weighted by molar-refractivity contribution is 6.04. The van der Waals surface area contributed by atoms with Crippen molar-refractivity contribution in [3.8, 4) is 0 Å². The number of rotatable bonds is 2. The smallest absolute Gasteiger partial charge is 0.338 e. The summed E-state index contributed by atoms with van der Waals surface area (Å²) in [5, 5.41) is 9.46. The van der Waals surface area contributed by atoms with E-state index in [2.05, 4.69) is 4.98 Å². The lowest BCUT2D eigenvalue weighted by Crippen LogP contribution is -1.99. The van der Waals surface area contributed by atoms with Gasteiger partial charge in [-0.25, -0.2) is 9.18 Å². The second-order valence-electron chi connectivity index (χ2n) is 3.33. The largest absolute Gasteiger partial charge is 0.478 e. The minimum absolute atomic E-state index is 0.173. The van der Waals surface area contributed by atoms with Gasteiger partial charge in [-0.3, -0.25) is 0 Å². The molecule has 1 heterocycles. The monoisotopic (exact) mass is 207 g/mol. The van der Waals surface area contributed by atoms with Crippen molar-refractivity contribution in [2.24, 2.45) is 0 Å². The number of aromatic amines is 1. The zero-order valence-corrected chi connectivity index (χ0v) is 8.17. The summed E-state index contributed by atoms with van der Waals surface area (Å²) in [6.07, 6.45) is 0.581. The number of carbonyl (C=O) groups is 1. The van der Waals surface area contributed by atoms with Crippen molar-refractivity contribution < 1.29 is 14.3 Å². The summed E-state index contributed by atoms with van der Waals surface area (Å²) in [5.41, 5.74) is 1.46.